The fourth-order valence-electron chi connectivity index (χ4n) is 3.54. The van der Waals surface area contributed by atoms with Gasteiger partial charge in [-0.3, -0.25) is 4.98 Å². The summed E-state index contributed by atoms with van der Waals surface area (Å²) >= 11 is 6.18. The Morgan fingerprint density at radius 1 is 1.14 bits per heavy atom. The first kappa shape index (κ1) is 15.4. The molecule has 1 N–H and O–H groups in total. The van der Waals surface area contributed by atoms with E-state index in [0.29, 0.717) is 12.0 Å². The van der Waals surface area contributed by atoms with E-state index in [1.165, 1.54) is 24.8 Å². The van der Waals surface area contributed by atoms with Gasteiger partial charge in [-0.05, 0) is 49.7 Å². The largest absolute Gasteiger partial charge is 0.381 e. The van der Waals surface area contributed by atoms with Crippen molar-refractivity contribution >= 4 is 17.3 Å². The van der Waals surface area contributed by atoms with Gasteiger partial charge in [-0.25, -0.2) is 0 Å². The third-order valence-electron chi connectivity index (χ3n) is 4.61. The molecule has 3 atom stereocenters. The molecular weight excluding hydrogens is 292 g/mol. The van der Waals surface area contributed by atoms with Crippen LogP contribution in [-0.2, 0) is 0 Å². The van der Waals surface area contributed by atoms with Crippen molar-refractivity contribution in [1.29, 1.82) is 0 Å². The number of pyridine rings is 1. The summed E-state index contributed by atoms with van der Waals surface area (Å²) in [6.07, 6.45) is 5.53. The lowest BCUT2D eigenvalue weighted by Gasteiger charge is -2.34. The van der Waals surface area contributed by atoms with Gasteiger partial charge in [0.15, 0.2) is 0 Å². The summed E-state index contributed by atoms with van der Waals surface area (Å²) in [4.78, 5) is 4.35. The molecule has 1 aliphatic rings. The van der Waals surface area contributed by atoms with Crippen molar-refractivity contribution in [2.45, 2.75) is 45.1 Å². The number of halogens is 1. The predicted octanol–water partition coefficient (Wildman–Crippen LogP) is 5.43. The molecule has 2 aromatic rings. The van der Waals surface area contributed by atoms with E-state index < -0.39 is 0 Å². The minimum atomic E-state index is 0.481. The average molecular weight is 315 g/mol. The summed E-state index contributed by atoms with van der Waals surface area (Å²) in [6.45, 7) is 4.28. The van der Waals surface area contributed by atoms with Gasteiger partial charge in [0.05, 0.1) is 22.6 Å². The van der Waals surface area contributed by atoms with E-state index in [1.807, 2.05) is 19.2 Å². The molecule has 0 amide bonds. The number of aromatic nitrogens is 1. The Hall–Kier alpha value is -1.54. The predicted molar refractivity (Wildman–Crippen MR) is 93.6 cm³/mol. The summed E-state index contributed by atoms with van der Waals surface area (Å²) < 4.78 is 0. The fourth-order valence-corrected chi connectivity index (χ4v) is 3.71. The third-order valence-corrected chi connectivity index (χ3v) is 4.99. The average Bonchev–Trinajstić information content (AvgIpc) is 2.51. The van der Waals surface area contributed by atoms with Crippen LogP contribution in [0.1, 0.15) is 43.4 Å². The molecule has 0 radical (unpaired) electrons. The number of benzene rings is 1. The molecule has 3 heteroatoms. The maximum Gasteiger partial charge on any atom is 0.0639 e. The monoisotopic (exact) mass is 314 g/mol. The van der Waals surface area contributed by atoms with Crippen LogP contribution in [0.4, 0.5) is 5.69 Å². The van der Waals surface area contributed by atoms with Crippen LogP contribution >= 0.6 is 11.6 Å². The van der Waals surface area contributed by atoms with Gasteiger partial charge in [0, 0.05) is 6.04 Å². The lowest BCUT2D eigenvalue weighted by molar-refractivity contribution is 0.321. The summed E-state index contributed by atoms with van der Waals surface area (Å²) in [5.74, 6) is 1.36. The van der Waals surface area contributed by atoms with Crippen molar-refractivity contribution in [3.05, 3.63) is 58.9 Å². The highest BCUT2D eigenvalue weighted by atomic mass is 35.5. The first-order valence-corrected chi connectivity index (χ1v) is 8.43. The van der Waals surface area contributed by atoms with Crippen molar-refractivity contribution in [3.63, 3.8) is 0 Å². The van der Waals surface area contributed by atoms with Crippen LogP contribution in [-0.4, -0.2) is 11.0 Å². The summed E-state index contributed by atoms with van der Waals surface area (Å²) in [6, 6.07) is 13.3. The normalized spacial score (nSPS) is 25.0. The molecule has 3 unspecified atom stereocenters. The molecule has 1 saturated carbocycles. The first-order chi connectivity index (χ1) is 10.6. The molecule has 0 spiro atoms. The topological polar surface area (TPSA) is 24.9 Å². The molecule has 22 heavy (non-hydrogen) atoms. The molecule has 0 bridgehead atoms. The Morgan fingerprint density at radius 2 is 1.91 bits per heavy atom. The number of hydrogen-bond acceptors (Lipinski definition) is 2. The fraction of sp³-hybridized carbons (Fsp3) is 0.421. The van der Waals surface area contributed by atoms with E-state index in [1.54, 1.807) is 0 Å². The first-order valence-electron chi connectivity index (χ1n) is 8.05. The van der Waals surface area contributed by atoms with Crippen LogP contribution in [0.25, 0.3) is 0 Å². The van der Waals surface area contributed by atoms with Gasteiger partial charge in [-0.1, -0.05) is 48.9 Å². The number of aryl methyl sites for hydroxylation is 1. The van der Waals surface area contributed by atoms with Crippen LogP contribution < -0.4 is 5.32 Å². The van der Waals surface area contributed by atoms with Crippen LogP contribution in [0.3, 0.4) is 0 Å². The zero-order valence-electron chi connectivity index (χ0n) is 13.2. The second kappa shape index (κ2) is 6.70. The highest BCUT2D eigenvalue weighted by molar-refractivity contribution is 6.31. The van der Waals surface area contributed by atoms with Crippen molar-refractivity contribution in [2.75, 3.05) is 5.32 Å². The van der Waals surface area contributed by atoms with Crippen LogP contribution in [0.15, 0.2) is 42.6 Å². The van der Waals surface area contributed by atoms with Gasteiger partial charge in [0.2, 0.25) is 0 Å². The molecule has 3 rings (SSSR count). The smallest absolute Gasteiger partial charge is 0.0639 e. The molecule has 0 aliphatic heterocycles. The lowest BCUT2D eigenvalue weighted by Crippen LogP contribution is -2.30. The maximum atomic E-state index is 6.18. The number of nitrogens with one attached hydrogen (secondary N) is 1. The van der Waals surface area contributed by atoms with Crippen molar-refractivity contribution in [1.82, 2.24) is 4.98 Å². The minimum absolute atomic E-state index is 0.481. The molecule has 0 saturated heterocycles. The van der Waals surface area contributed by atoms with Crippen molar-refractivity contribution < 1.29 is 0 Å². The Kier molecular flexibility index (Phi) is 4.68. The van der Waals surface area contributed by atoms with Gasteiger partial charge >= 0.3 is 0 Å². The third kappa shape index (κ3) is 3.61. The molecule has 1 aliphatic carbocycles. The van der Waals surface area contributed by atoms with Gasteiger partial charge in [-0.2, -0.15) is 0 Å². The van der Waals surface area contributed by atoms with Crippen molar-refractivity contribution in [2.24, 2.45) is 5.92 Å². The standard InChI is InChI=1S/C19H23ClN2/c1-13-8-16(15-6-4-3-5-7-15)10-17(9-13)22-18-11-19(20)14(2)21-12-18/h3-7,11-13,16-17,22H,8-10H2,1-2H3. The van der Waals surface area contributed by atoms with E-state index in [-0.39, 0.29) is 0 Å². The van der Waals surface area contributed by atoms with Crippen LogP contribution in [0.2, 0.25) is 5.02 Å². The molecule has 1 aromatic heterocycles. The number of hydrogen-bond donors (Lipinski definition) is 1. The highest BCUT2D eigenvalue weighted by Gasteiger charge is 2.27. The van der Waals surface area contributed by atoms with Gasteiger partial charge in [0.25, 0.3) is 0 Å². The molecule has 1 heterocycles. The van der Waals surface area contributed by atoms with E-state index in [9.17, 15) is 0 Å². The number of nitrogens with zero attached hydrogens (tertiary/aromatic N) is 1. The quantitative estimate of drug-likeness (QED) is 0.817. The highest BCUT2D eigenvalue weighted by Crippen LogP contribution is 2.37. The Bertz CT molecular complexity index is 627. The van der Waals surface area contributed by atoms with Gasteiger partial charge in [0.1, 0.15) is 0 Å². The Morgan fingerprint density at radius 3 is 2.64 bits per heavy atom. The van der Waals surface area contributed by atoms with E-state index in [2.05, 4.69) is 47.6 Å². The van der Waals surface area contributed by atoms with Gasteiger partial charge in [-0.15, -0.1) is 0 Å². The van der Waals surface area contributed by atoms with Crippen LogP contribution in [0, 0.1) is 12.8 Å². The minimum Gasteiger partial charge on any atom is -0.381 e. The summed E-state index contributed by atoms with van der Waals surface area (Å²) in [5, 5.41) is 4.36. The second-order valence-corrected chi connectivity index (χ2v) is 6.96. The van der Waals surface area contributed by atoms with Gasteiger partial charge < -0.3 is 5.32 Å². The summed E-state index contributed by atoms with van der Waals surface area (Å²) in [5.41, 5.74) is 3.37. The van der Waals surface area contributed by atoms with E-state index in [0.717, 1.165) is 22.3 Å². The zero-order chi connectivity index (χ0) is 15.5. The number of anilines is 1. The zero-order valence-corrected chi connectivity index (χ0v) is 14.0. The molecule has 1 fully saturated rings. The number of rotatable bonds is 3. The van der Waals surface area contributed by atoms with E-state index in [4.69, 9.17) is 11.6 Å². The molecule has 116 valence electrons. The van der Waals surface area contributed by atoms with Crippen molar-refractivity contribution in [3.8, 4) is 0 Å². The Labute approximate surface area is 137 Å². The summed E-state index contributed by atoms with van der Waals surface area (Å²) in [7, 11) is 0. The molecule has 1 aromatic carbocycles. The Balaban J connectivity index is 1.72. The second-order valence-electron chi connectivity index (χ2n) is 6.55. The molecular formula is C19H23ClN2. The SMILES string of the molecule is Cc1ncc(NC2CC(C)CC(c3ccccc3)C2)cc1Cl. The lowest BCUT2D eigenvalue weighted by atomic mass is 9.76. The van der Waals surface area contributed by atoms with E-state index >= 15 is 0 Å². The molecule has 2 nitrogen and oxygen atoms in total. The van der Waals surface area contributed by atoms with Crippen LogP contribution in [0.5, 0.6) is 0 Å². The maximum absolute atomic E-state index is 6.18.